The number of rotatable bonds is 6. The van der Waals surface area contributed by atoms with Crippen molar-refractivity contribution >= 4 is 23.2 Å². The number of fused-ring (bicyclic) bond motifs is 3. The number of imide groups is 1. The molecule has 0 radical (unpaired) electrons. The lowest BCUT2D eigenvalue weighted by molar-refractivity contribution is -0.384. The lowest BCUT2D eigenvalue weighted by Gasteiger charge is -2.44. The highest BCUT2D eigenvalue weighted by Crippen LogP contribution is 2.58. The molecule has 1 saturated carbocycles. The van der Waals surface area contributed by atoms with E-state index in [1.807, 2.05) is 0 Å². The van der Waals surface area contributed by atoms with E-state index >= 15 is 0 Å². The molecule has 180 valence electrons. The normalized spacial score (nSPS) is 32.7. The minimum Gasteiger partial charge on any atom is -0.461 e. The van der Waals surface area contributed by atoms with Crippen molar-refractivity contribution in [3.8, 4) is 0 Å². The molecule has 2 saturated heterocycles. The van der Waals surface area contributed by atoms with Crippen molar-refractivity contribution in [2.24, 2.45) is 23.7 Å². The molecule has 3 heterocycles. The maximum atomic E-state index is 13.6. The third-order valence-electron chi connectivity index (χ3n) is 7.19. The summed E-state index contributed by atoms with van der Waals surface area (Å²) in [5, 5.41) is 32.2. The number of aliphatic hydroxyl groups excluding tert-OH is 1. The Hall–Kier alpha value is -3.12. The van der Waals surface area contributed by atoms with Crippen molar-refractivity contribution in [2.75, 3.05) is 18.6 Å². The van der Waals surface area contributed by atoms with E-state index < -0.39 is 52.3 Å². The number of nitrogens with zero attached hydrogens (tertiary/aromatic N) is 2. The highest BCUT2D eigenvalue weighted by Gasteiger charge is 2.67. The average Bonchev–Trinajstić information content (AvgIpc) is 3.49. The van der Waals surface area contributed by atoms with Gasteiger partial charge >= 0.3 is 0 Å². The molecule has 0 unspecified atom stereocenters. The summed E-state index contributed by atoms with van der Waals surface area (Å²) >= 11 is 0. The predicted molar refractivity (Wildman–Crippen MR) is 114 cm³/mol. The first kappa shape index (κ1) is 22.7. The number of methoxy groups -OCH3 is 1. The van der Waals surface area contributed by atoms with Gasteiger partial charge in [0.1, 0.15) is 24.2 Å². The topological polar surface area (TPSA) is 153 Å². The quantitative estimate of drug-likeness (QED) is 0.365. The summed E-state index contributed by atoms with van der Waals surface area (Å²) in [6.45, 7) is -0.177. The van der Waals surface area contributed by atoms with E-state index in [0.29, 0.717) is 11.5 Å². The maximum Gasteiger partial charge on any atom is 0.271 e. The van der Waals surface area contributed by atoms with Crippen LogP contribution in [0, 0.1) is 33.8 Å². The van der Waals surface area contributed by atoms with Crippen molar-refractivity contribution in [3.05, 3.63) is 58.0 Å². The summed E-state index contributed by atoms with van der Waals surface area (Å²) in [4.78, 5) is 38.6. The van der Waals surface area contributed by atoms with Crippen LogP contribution in [-0.4, -0.2) is 46.5 Å². The summed E-state index contributed by atoms with van der Waals surface area (Å²) in [6, 6.07) is 8.63. The predicted octanol–water partition coefficient (Wildman–Crippen LogP) is 1.92. The molecule has 3 fully saturated rings. The Morgan fingerprint density at radius 2 is 2.03 bits per heavy atom. The highest BCUT2D eigenvalue weighted by atomic mass is 16.6. The van der Waals surface area contributed by atoms with E-state index in [1.165, 1.54) is 31.4 Å². The maximum absolute atomic E-state index is 13.6. The van der Waals surface area contributed by atoms with Crippen LogP contribution in [0.2, 0.25) is 0 Å². The standard InChI is InChI=1S/C23H24N2O9/c1-32-11-12-7-16-20(17-9-19(34-23(12,17)29)18-6-5-15(10-26)33-18)22(28)24(21(16)27)13-3-2-4-14(8-13)25(30)31/h2-6,8,12,16-17,19-20,26,29H,7,9-11H2,1H3/t12-,16+,17+,19+,20+,23-/m1/s1. The van der Waals surface area contributed by atoms with Crippen LogP contribution in [-0.2, 0) is 25.7 Å². The van der Waals surface area contributed by atoms with Gasteiger partial charge in [-0.2, -0.15) is 0 Å². The van der Waals surface area contributed by atoms with Gasteiger partial charge < -0.3 is 24.1 Å². The zero-order valence-electron chi connectivity index (χ0n) is 18.3. The summed E-state index contributed by atoms with van der Waals surface area (Å²) in [5.74, 6) is -4.84. The van der Waals surface area contributed by atoms with Crippen molar-refractivity contribution in [3.63, 3.8) is 0 Å². The van der Waals surface area contributed by atoms with Crippen LogP contribution in [0.4, 0.5) is 11.4 Å². The van der Waals surface area contributed by atoms with E-state index in [4.69, 9.17) is 13.9 Å². The Morgan fingerprint density at radius 1 is 1.24 bits per heavy atom. The SMILES string of the molecule is COC[C@H]1C[C@@H]2C(=O)N(c3cccc([N+](=O)[O-])c3)C(=O)[C@@H]2[C@@H]2C[C@@H](c3ccc(CO)o3)O[C@]12O. The van der Waals surface area contributed by atoms with Gasteiger partial charge in [0.15, 0.2) is 5.79 Å². The summed E-state index contributed by atoms with van der Waals surface area (Å²) in [7, 11) is 1.48. The number of carbonyl (C=O) groups excluding carboxylic acids is 2. The van der Waals surface area contributed by atoms with Crippen molar-refractivity contribution in [1.82, 2.24) is 0 Å². The fraction of sp³-hybridized carbons (Fsp3) is 0.478. The van der Waals surface area contributed by atoms with E-state index in [0.717, 1.165) is 4.90 Å². The number of nitro groups is 1. The molecule has 34 heavy (non-hydrogen) atoms. The first-order valence-electron chi connectivity index (χ1n) is 11.0. The number of carbonyl (C=O) groups is 2. The number of aliphatic hydroxyl groups is 2. The van der Waals surface area contributed by atoms with E-state index in [-0.39, 0.29) is 37.4 Å². The molecule has 6 atom stereocenters. The monoisotopic (exact) mass is 472 g/mol. The minimum atomic E-state index is -1.73. The lowest BCUT2D eigenvalue weighted by Crippen LogP contribution is -2.54. The molecule has 2 amide bonds. The Bertz CT molecular complexity index is 1150. The third kappa shape index (κ3) is 3.35. The van der Waals surface area contributed by atoms with Crippen LogP contribution in [0.3, 0.4) is 0 Å². The largest absolute Gasteiger partial charge is 0.461 e. The molecular weight excluding hydrogens is 448 g/mol. The van der Waals surface area contributed by atoms with Gasteiger partial charge in [0.2, 0.25) is 11.8 Å². The van der Waals surface area contributed by atoms with Gasteiger partial charge in [-0.25, -0.2) is 4.90 Å². The Balaban J connectivity index is 1.51. The summed E-state index contributed by atoms with van der Waals surface area (Å²) in [6.07, 6.45) is -0.296. The molecule has 2 N–H and O–H groups in total. The van der Waals surface area contributed by atoms with Crippen LogP contribution < -0.4 is 4.90 Å². The number of hydrogen-bond donors (Lipinski definition) is 2. The van der Waals surface area contributed by atoms with Gasteiger partial charge in [-0.1, -0.05) is 6.07 Å². The van der Waals surface area contributed by atoms with Gasteiger partial charge in [-0.15, -0.1) is 0 Å². The molecule has 5 rings (SSSR count). The molecule has 11 nitrogen and oxygen atoms in total. The van der Waals surface area contributed by atoms with Gasteiger partial charge in [0.25, 0.3) is 5.69 Å². The van der Waals surface area contributed by atoms with Crippen LogP contribution in [0.1, 0.15) is 30.5 Å². The number of anilines is 1. The van der Waals surface area contributed by atoms with E-state index in [9.17, 15) is 29.9 Å². The van der Waals surface area contributed by atoms with Gasteiger partial charge in [0.05, 0.1) is 29.1 Å². The number of nitro benzene ring substituents is 1. The van der Waals surface area contributed by atoms with Crippen LogP contribution >= 0.6 is 0 Å². The van der Waals surface area contributed by atoms with E-state index in [2.05, 4.69) is 0 Å². The van der Waals surface area contributed by atoms with Crippen molar-refractivity contribution in [2.45, 2.75) is 31.3 Å². The second-order valence-corrected chi connectivity index (χ2v) is 8.97. The fourth-order valence-electron chi connectivity index (χ4n) is 5.71. The number of benzene rings is 1. The number of non-ortho nitro benzene ring substituents is 1. The van der Waals surface area contributed by atoms with E-state index in [1.54, 1.807) is 12.1 Å². The molecule has 3 aliphatic rings. The Labute approximate surface area is 194 Å². The second-order valence-electron chi connectivity index (χ2n) is 8.97. The van der Waals surface area contributed by atoms with Crippen molar-refractivity contribution in [1.29, 1.82) is 0 Å². The number of furan rings is 1. The van der Waals surface area contributed by atoms with Crippen LogP contribution in [0.25, 0.3) is 0 Å². The molecule has 1 aromatic carbocycles. The smallest absolute Gasteiger partial charge is 0.271 e. The number of hydrogen-bond acceptors (Lipinski definition) is 9. The summed E-state index contributed by atoms with van der Waals surface area (Å²) in [5.41, 5.74) is -0.108. The lowest BCUT2D eigenvalue weighted by atomic mass is 9.64. The molecule has 1 aromatic heterocycles. The second kappa shape index (κ2) is 8.27. The molecule has 0 bridgehead atoms. The van der Waals surface area contributed by atoms with Gasteiger partial charge in [0, 0.05) is 31.1 Å². The third-order valence-corrected chi connectivity index (χ3v) is 7.19. The van der Waals surface area contributed by atoms with Crippen LogP contribution in [0.15, 0.2) is 40.8 Å². The molecule has 1 aliphatic carbocycles. The molecule has 2 aliphatic heterocycles. The molecule has 11 heteroatoms. The first-order chi connectivity index (χ1) is 16.3. The molecule has 2 aromatic rings. The van der Waals surface area contributed by atoms with Crippen LogP contribution in [0.5, 0.6) is 0 Å². The zero-order chi connectivity index (χ0) is 24.2. The number of amides is 2. The zero-order valence-corrected chi connectivity index (χ0v) is 18.3. The number of ether oxygens (including phenoxy) is 2. The molecular formula is C23H24N2O9. The minimum absolute atomic E-state index is 0.112. The van der Waals surface area contributed by atoms with Gasteiger partial charge in [-0.05, 0) is 31.0 Å². The van der Waals surface area contributed by atoms with Crippen molar-refractivity contribution < 1.29 is 38.6 Å². The van der Waals surface area contributed by atoms with Gasteiger partial charge in [-0.3, -0.25) is 19.7 Å². The highest BCUT2D eigenvalue weighted by molar-refractivity contribution is 6.22. The Morgan fingerprint density at radius 3 is 2.71 bits per heavy atom. The fourth-order valence-corrected chi connectivity index (χ4v) is 5.71. The molecule has 0 spiro atoms. The average molecular weight is 472 g/mol. The first-order valence-corrected chi connectivity index (χ1v) is 11.0. The summed E-state index contributed by atoms with van der Waals surface area (Å²) < 4.78 is 17.0. The Kier molecular flexibility index (Phi) is 5.52.